The van der Waals surface area contributed by atoms with E-state index in [2.05, 4.69) is 45.1 Å². The first kappa shape index (κ1) is 14.5. The number of hydrogen-bond donors (Lipinski definition) is 0. The molecule has 19 heavy (non-hydrogen) atoms. The van der Waals surface area contributed by atoms with Crippen molar-refractivity contribution in [1.29, 1.82) is 0 Å². The highest BCUT2D eigenvalue weighted by Gasteiger charge is 2.21. The van der Waals surface area contributed by atoms with Crippen LogP contribution in [0.25, 0.3) is 0 Å². The first-order valence-corrected chi connectivity index (χ1v) is 7.50. The zero-order valence-corrected chi connectivity index (χ0v) is 12.9. The van der Waals surface area contributed by atoms with Gasteiger partial charge in [0.2, 0.25) is 0 Å². The van der Waals surface area contributed by atoms with Gasteiger partial charge >= 0.3 is 5.97 Å². The maximum atomic E-state index is 11.2. The zero-order chi connectivity index (χ0) is 13.7. The van der Waals surface area contributed by atoms with E-state index in [-0.39, 0.29) is 5.97 Å². The Hall–Kier alpha value is -0.870. The van der Waals surface area contributed by atoms with Crippen molar-refractivity contribution in [1.82, 2.24) is 4.90 Å². The van der Waals surface area contributed by atoms with Crippen LogP contribution in [0.3, 0.4) is 0 Å². The van der Waals surface area contributed by atoms with Gasteiger partial charge in [-0.05, 0) is 49.5 Å². The third-order valence-electron chi connectivity index (χ3n) is 3.71. The minimum absolute atomic E-state index is 0.0774. The molecule has 0 aromatic heterocycles. The Balaban J connectivity index is 1.77. The van der Waals surface area contributed by atoms with Gasteiger partial charge in [0.1, 0.15) is 0 Å². The summed E-state index contributed by atoms with van der Waals surface area (Å²) in [5, 5.41) is 0. The molecule has 0 aliphatic carbocycles. The minimum atomic E-state index is -0.0774. The first-order chi connectivity index (χ1) is 9.17. The fourth-order valence-electron chi connectivity index (χ4n) is 2.52. The molecule has 0 unspecified atom stereocenters. The molecule has 1 heterocycles. The van der Waals surface area contributed by atoms with Crippen molar-refractivity contribution in [2.75, 3.05) is 20.2 Å². The van der Waals surface area contributed by atoms with Crippen molar-refractivity contribution in [3.63, 3.8) is 0 Å². The summed E-state index contributed by atoms with van der Waals surface area (Å²) in [6.45, 7) is 3.13. The van der Waals surface area contributed by atoms with E-state index >= 15 is 0 Å². The summed E-state index contributed by atoms with van der Waals surface area (Å²) in [5.74, 6) is 0.417. The standard InChI is InChI=1S/C15H20BrNO2/c1-19-15(18)10-12-6-8-17(9-7-12)11-13-2-4-14(16)5-3-13/h2-5,12H,6-11H2,1H3. The van der Waals surface area contributed by atoms with Gasteiger partial charge in [-0.3, -0.25) is 9.69 Å². The quantitative estimate of drug-likeness (QED) is 0.796. The Kier molecular flexibility index (Phi) is 5.40. The lowest BCUT2D eigenvalue weighted by Gasteiger charge is -2.31. The summed E-state index contributed by atoms with van der Waals surface area (Å²) in [6, 6.07) is 8.48. The average Bonchev–Trinajstić information content (AvgIpc) is 2.43. The van der Waals surface area contributed by atoms with Gasteiger partial charge in [0.25, 0.3) is 0 Å². The molecule has 0 spiro atoms. The van der Waals surface area contributed by atoms with Crippen LogP contribution in [0.2, 0.25) is 0 Å². The number of halogens is 1. The van der Waals surface area contributed by atoms with Gasteiger partial charge in [-0.2, -0.15) is 0 Å². The molecule has 3 nitrogen and oxygen atoms in total. The second kappa shape index (κ2) is 7.06. The zero-order valence-electron chi connectivity index (χ0n) is 11.3. The van der Waals surface area contributed by atoms with Crippen LogP contribution in [0.1, 0.15) is 24.8 Å². The van der Waals surface area contributed by atoms with Gasteiger partial charge in [0, 0.05) is 17.4 Å². The van der Waals surface area contributed by atoms with E-state index in [9.17, 15) is 4.79 Å². The van der Waals surface area contributed by atoms with Crippen LogP contribution in [0.5, 0.6) is 0 Å². The van der Waals surface area contributed by atoms with Crippen molar-refractivity contribution >= 4 is 21.9 Å². The topological polar surface area (TPSA) is 29.5 Å². The molecule has 0 bridgehead atoms. The number of hydrogen-bond acceptors (Lipinski definition) is 3. The third-order valence-corrected chi connectivity index (χ3v) is 4.24. The summed E-state index contributed by atoms with van der Waals surface area (Å²) in [6.07, 6.45) is 2.75. The fraction of sp³-hybridized carbons (Fsp3) is 0.533. The summed E-state index contributed by atoms with van der Waals surface area (Å²) < 4.78 is 5.85. The molecule has 1 aliphatic rings. The third kappa shape index (κ3) is 4.62. The van der Waals surface area contributed by atoms with Gasteiger partial charge in [-0.25, -0.2) is 0 Å². The van der Waals surface area contributed by atoms with Crippen LogP contribution >= 0.6 is 15.9 Å². The lowest BCUT2D eigenvalue weighted by molar-refractivity contribution is -0.142. The number of piperidine rings is 1. The van der Waals surface area contributed by atoms with Crippen LogP contribution in [-0.4, -0.2) is 31.1 Å². The van der Waals surface area contributed by atoms with E-state index in [1.165, 1.54) is 12.7 Å². The van der Waals surface area contributed by atoms with Crippen molar-refractivity contribution in [2.24, 2.45) is 5.92 Å². The Labute approximate surface area is 123 Å². The number of ether oxygens (including phenoxy) is 1. The van der Waals surface area contributed by atoms with Gasteiger partial charge in [0.05, 0.1) is 7.11 Å². The highest BCUT2D eigenvalue weighted by Crippen LogP contribution is 2.22. The van der Waals surface area contributed by atoms with E-state index in [0.717, 1.165) is 36.9 Å². The number of benzene rings is 1. The lowest BCUT2D eigenvalue weighted by Crippen LogP contribution is -2.34. The van der Waals surface area contributed by atoms with Crippen LogP contribution in [0.4, 0.5) is 0 Å². The summed E-state index contributed by atoms with van der Waals surface area (Å²) >= 11 is 3.45. The number of likely N-dealkylation sites (tertiary alicyclic amines) is 1. The SMILES string of the molecule is COC(=O)CC1CCN(Cc2ccc(Br)cc2)CC1. The number of carbonyl (C=O) groups excluding carboxylic acids is 1. The number of nitrogens with zero attached hydrogens (tertiary/aromatic N) is 1. The fourth-order valence-corrected chi connectivity index (χ4v) is 2.78. The van der Waals surface area contributed by atoms with Crippen molar-refractivity contribution in [3.8, 4) is 0 Å². The molecule has 1 fully saturated rings. The molecule has 1 aromatic rings. The van der Waals surface area contributed by atoms with Crippen LogP contribution in [0.15, 0.2) is 28.7 Å². The molecule has 1 saturated heterocycles. The molecular weight excluding hydrogens is 306 g/mol. The van der Waals surface area contributed by atoms with Gasteiger partial charge < -0.3 is 4.74 Å². The number of methoxy groups -OCH3 is 1. The average molecular weight is 326 g/mol. The molecular formula is C15H20BrNO2. The normalized spacial score (nSPS) is 17.4. The Morgan fingerprint density at radius 2 is 1.95 bits per heavy atom. The van der Waals surface area contributed by atoms with Crippen molar-refractivity contribution < 1.29 is 9.53 Å². The maximum Gasteiger partial charge on any atom is 0.305 e. The molecule has 104 valence electrons. The highest BCUT2D eigenvalue weighted by molar-refractivity contribution is 9.10. The van der Waals surface area contributed by atoms with E-state index < -0.39 is 0 Å². The van der Waals surface area contributed by atoms with Gasteiger partial charge in [0.15, 0.2) is 0 Å². The van der Waals surface area contributed by atoms with Crippen molar-refractivity contribution in [3.05, 3.63) is 34.3 Å². The molecule has 0 N–H and O–H groups in total. The Morgan fingerprint density at radius 1 is 1.32 bits per heavy atom. The molecule has 2 rings (SSSR count). The predicted molar refractivity (Wildman–Crippen MR) is 78.8 cm³/mol. The molecule has 1 aromatic carbocycles. The molecule has 0 atom stereocenters. The molecule has 4 heteroatoms. The first-order valence-electron chi connectivity index (χ1n) is 6.71. The van der Waals surface area contributed by atoms with Crippen LogP contribution in [0, 0.1) is 5.92 Å². The second-order valence-electron chi connectivity index (χ2n) is 5.13. The number of carbonyl (C=O) groups is 1. The predicted octanol–water partition coefficient (Wildman–Crippen LogP) is 3.22. The summed E-state index contributed by atoms with van der Waals surface area (Å²) in [7, 11) is 1.46. The van der Waals surface area contributed by atoms with E-state index in [4.69, 9.17) is 4.74 Å². The Bertz CT molecular complexity index is 411. The minimum Gasteiger partial charge on any atom is -0.469 e. The molecule has 1 aliphatic heterocycles. The molecule has 0 radical (unpaired) electrons. The molecule has 0 saturated carbocycles. The highest BCUT2D eigenvalue weighted by atomic mass is 79.9. The monoisotopic (exact) mass is 325 g/mol. The number of rotatable bonds is 4. The van der Waals surface area contributed by atoms with E-state index in [1.807, 2.05) is 0 Å². The maximum absolute atomic E-state index is 11.2. The van der Waals surface area contributed by atoms with Crippen molar-refractivity contribution in [2.45, 2.75) is 25.8 Å². The lowest BCUT2D eigenvalue weighted by atomic mass is 9.93. The Morgan fingerprint density at radius 3 is 2.53 bits per heavy atom. The van der Waals surface area contributed by atoms with E-state index in [1.54, 1.807) is 0 Å². The second-order valence-corrected chi connectivity index (χ2v) is 6.04. The van der Waals surface area contributed by atoms with Crippen LogP contribution in [-0.2, 0) is 16.1 Å². The smallest absolute Gasteiger partial charge is 0.305 e. The van der Waals surface area contributed by atoms with Gasteiger partial charge in [-0.15, -0.1) is 0 Å². The summed E-state index contributed by atoms with van der Waals surface area (Å²) in [5.41, 5.74) is 1.34. The summed E-state index contributed by atoms with van der Waals surface area (Å²) in [4.78, 5) is 13.7. The largest absolute Gasteiger partial charge is 0.469 e. The van der Waals surface area contributed by atoms with Gasteiger partial charge in [-0.1, -0.05) is 28.1 Å². The van der Waals surface area contributed by atoms with Crippen LogP contribution < -0.4 is 0 Å². The molecule has 0 amide bonds. The number of esters is 1. The van der Waals surface area contributed by atoms with E-state index in [0.29, 0.717) is 12.3 Å².